The Hall–Kier alpha value is -3.93. The van der Waals surface area contributed by atoms with Gasteiger partial charge in [0.1, 0.15) is 0 Å². The highest BCUT2D eigenvalue weighted by Gasteiger charge is 2.36. The molecule has 3 amide bonds. The molecule has 0 aliphatic carbocycles. The van der Waals surface area contributed by atoms with Gasteiger partial charge in [0.15, 0.2) is 0 Å². The van der Waals surface area contributed by atoms with Gasteiger partial charge in [-0.1, -0.05) is 60.2 Å². The quantitative estimate of drug-likeness (QED) is 0.601. The van der Waals surface area contributed by atoms with Crippen molar-refractivity contribution < 1.29 is 14.4 Å². The zero-order valence-corrected chi connectivity index (χ0v) is 18.8. The zero-order valence-electron chi connectivity index (χ0n) is 18.8. The summed E-state index contributed by atoms with van der Waals surface area (Å²) in [6.07, 6.45) is 0.141. The lowest BCUT2D eigenvalue weighted by atomic mass is 10.1. The molecular formula is C27H27N3O3. The van der Waals surface area contributed by atoms with Crippen LogP contribution in [0.15, 0.2) is 72.8 Å². The molecule has 1 saturated heterocycles. The molecule has 0 radical (unpaired) electrons. The number of carbonyl (C=O) groups is 3. The predicted molar refractivity (Wildman–Crippen MR) is 129 cm³/mol. The van der Waals surface area contributed by atoms with Crippen LogP contribution in [0.1, 0.15) is 33.5 Å². The Morgan fingerprint density at radius 3 is 2.52 bits per heavy atom. The standard InChI is InChI=1S/C27H27N3O3/c1-18-8-7-10-20(14-18)16-28-27(33)22-11-4-5-12-23(22)29-26(32)21-15-25(31)30(17-21)24-13-6-3-9-19(24)2/h3-14,21H,15-17H2,1-2H3,(H,28,33)(H,29,32)/t21-/m0/s1. The van der Waals surface area contributed by atoms with E-state index in [1.54, 1.807) is 29.2 Å². The second kappa shape index (κ2) is 9.69. The predicted octanol–water partition coefficient (Wildman–Crippen LogP) is 4.23. The van der Waals surface area contributed by atoms with E-state index in [1.165, 1.54) is 0 Å². The van der Waals surface area contributed by atoms with Crippen molar-refractivity contribution in [3.8, 4) is 0 Å². The van der Waals surface area contributed by atoms with Crippen molar-refractivity contribution >= 4 is 29.1 Å². The summed E-state index contributed by atoms with van der Waals surface area (Å²) in [6.45, 7) is 4.66. The van der Waals surface area contributed by atoms with E-state index in [2.05, 4.69) is 10.6 Å². The molecule has 4 rings (SSSR count). The van der Waals surface area contributed by atoms with E-state index >= 15 is 0 Å². The minimum Gasteiger partial charge on any atom is -0.348 e. The van der Waals surface area contributed by atoms with Crippen molar-refractivity contribution in [2.45, 2.75) is 26.8 Å². The Balaban J connectivity index is 1.43. The number of amides is 3. The molecule has 6 nitrogen and oxygen atoms in total. The highest BCUT2D eigenvalue weighted by molar-refractivity contribution is 6.07. The van der Waals surface area contributed by atoms with E-state index in [1.807, 2.05) is 62.4 Å². The van der Waals surface area contributed by atoms with Crippen molar-refractivity contribution in [2.75, 3.05) is 16.8 Å². The number of rotatable bonds is 6. The van der Waals surface area contributed by atoms with Crippen LogP contribution in [-0.2, 0) is 16.1 Å². The third-order valence-corrected chi connectivity index (χ3v) is 5.87. The maximum Gasteiger partial charge on any atom is 0.253 e. The Kier molecular flexibility index (Phi) is 6.54. The van der Waals surface area contributed by atoms with E-state index in [9.17, 15) is 14.4 Å². The lowest BCUT2D eigenvalue weighted by Gasteiger charge is -2.19. The van der Waals surface area contributed by atoms with Crippen molar-refractivity contribution in [2.24, 2.45) is 5.92 Å². The van der Waals surface area contributed by atoms with Gasteiger partial charge in [-0.25, -0.2) is 0 Å². The van der Waals surface area contributed by atoms with Gasteiger partial charge in [0.2, 0.25) is 11.8 Å². The molecular weight excluding hydrogens is 414 g/mol. The highest BCUT2D eigenvalue weighted by Crippen LogP contribution is 2.28. The fourth-order valence-corrected chi connectivity index (χ4v) is 4.11. The van der Waals surface area contributed by atoms with E-state index in [4.69, 9.17) is 0 Å². The van der Waals surface area contributed by atoms with Crippen LogP contribution in [0.25, 0.3) is 0 Å². The molecule has 1 aliphatic heterocycles. The van der Waals surface area contributed by atoms with E-state index in [-0.39, 0.29) is 24.1 Å². The summed E-state index contributed by atoms with van der Waals surface area (Å²) < 4.78 is 0. The number of anilines is 2. The van der Waals surface area contributed by atoms with Crippen LogP contribution in [-0.4, -0.2) is 24.3 Å². The van der Waals surface area contributed by atoms with Crippen LogP contribution in [0.4, 0.5) is 11.4 Å². The maximum atomic E-state index is 13.0. The van der Waals surface area contributed by atoms with Gasteiger partial charge >= 0.3 is 0 Å². The molecule has 0 spiro atoms. The molecule has 0 saturated carbocycles. The first-order chi connectivity index (χ1) is 15.9. The Morgan fingerprint density at radius 2 is 1.73 bits per heavy atom. The minimum absolute atomic E-state index is 0.0753. The number of carbonyl (C=O) groups excluding carboxylic acids is 3. The van der Waals surface area contributed by atoms with E-state index < -0.39 is 5.92 Å². The van der Waals surface area contributed by atoms with Gasteiger partial charge in [0.25, 0.3) is 5.91 Å². The molecule has 1 fully saturated rings. The fraction of sp³-hybridized carbons (Fsp3) is 0.222. The number of para-hydroxylation sites is 2. The first kappa shape index (κ1) is 22.3. The topological polar surface area (TPSA) is 78.5 Å². The Labute approximate surface area is 193 Å². The van der Waals surface area contributed by atoms with Crippen molar-refractivity contribution in [1.82, 2.24) is 5.32 Å². The SMILES string of the molecule is Cc1cccc(CNC(=O)c2ccccc2NC(=O)[C@H]2CC(=O)N(c3ccccc3C)C2)c1. The number of aryl methyl sites for hydroxylation is 2. The molecule has 0 bridgehead atoms. The maximum absolute atomic E-state index is 13.0. The highest BCUT2D eigenvalue weighted by atomic mass is 16.2. The summed E-state index contributed by atoms with van der Waals surface area (Å²) in [6, 6.07) is 22.5. The van der Waals surface area contributed by atoms with Gasteiger partial charge in [-0.05, 0) is 43.2 Å². The molecule has 33 heavy (non-hydrogen) atoms. The Morgan fingerprint density at radius 1 is 0.970 bits per heavy atom. The van der Waals surface area contributed by atoms with E-state index in [0.717, 1.165) is 22.4 Å². The minimum atomic E-state index is -0.486. The number of nitrogens with one attached hydrogen (secondary N) is 2. The summed E-state index contributed by atoms with van der Waals surface area (Å²) in [4.78, 5) is 40.1. The average Bonchev–Trinajstić information content (AvgIpc) is 3.20. The van der Waals surface area contributed by atoms with Crippen molar-refractivity contribution in [3.05, 3.63) is 95.1 Å². The van der Waals surface area contributed by atoms with Crippen LogP contribution in [0.5, 0.6) is 0 Å². The number of hydrogen-bond acceptors (Lipinski definition) is 3. The molecule has 2 N–H and O–H groups in total. The van der Waals surface area contributed by atoms with E-state index in [0.29, 0.717) is 24.3 Å². The van der Waals surface area contributed by atoms with Gasteiger partial charge in [0.05, 0.1) is 17.2 Å². The Bertz CT molecular complexity index is 1200. The van der Waals surface area contributed by atoms with Gasteiger partial charge in [0, 0.05) is 25.2 Å². The third-order valence-electron chi connectivity index (χ3n) is 5.87. The van der Waals surface area contributed by atoms with Gasteiger partial charge in [-0.3, -0.25) is 14.4 Å². The molecule has 1 heterocycles. The number of benzene rings is 3. The molecule has 0 aromatic heterocycles. The monoisotopic (exact) mass is 441 g/mol. The lowest BCUT2D eigenvalue weighted by molar-refractivity contribution is -0.122. The smallest absolute Gasteiger partial charge is 0.253 e. The van der Waals surface area contributed by atoms with Gasteiger partial charge < -0.3 is 15.5 Å². The molecule has 1 atom stereocenters. The first-order valence-electron chi connectivity index (χ1n) is 11.0. The summed E-state index contributed by atoms with van der Waals surface area (Å²) in [7, 11) is 0. The number of nitrogens with zero attached hydrogens (tertiary/aromatic N) is 1. The summed E-state index contributed by atoms with van der Waals surface area (Å²) in [5, 5.41) is 5.78. The second-order valence-electron chi connectivity index (χ2n) is 8.40. The first-order valence-corrected chi connectivity index (χ1v) is 11.0. The van der Waals surface area contributed by atoms with Crippen LogP contribution in [0.3, 0.4) is 0 Å². The van der Waals surface area contributed by atoms with Crippen molar-refractivity contribution in [1.29, 1.82) is 0 Å². The largest absolute Gasteiger partial charge is 0.348 e. The number of hydrogen-bond donors (Lipinski definition) is 2. The second-order valence-corrected chi connectivity index (χ2v) is 8.40. The van der Waals surface area contributed by atoms with Gasteiger partial charge in [-0.15, -0.1) is 0 Å². The summed E-state index contributed by atoms with van der Waals surface area (Å²) in [5.74, 6) is -1.09. The molecule has 6 heteroatoms. The third kappa shape index (κ3) is 5.12. The average molecular weight is 442 g/mol. The van der Waals surface area contributed by atoms with Crippen molar-refractivity contribution in [3.63, 3.8) is 0 Å². The van der Waals surface area contributed by atoms with Crippen LogP contribution in [0.2, 0.25) is 0 Å². The molecule has 1 aliphatic rings. The molecule has 168 valence electrons. The van der Waals surface area contributed by atoms with Gasteiger partial charge in [-0.2, -0.15) is 0 Å². The zero-order chi connectivity index (χ0) is 23.4. The fourth-order valence-electron chi connectivity index (χ4n) is 4.11. The van der Waals surface area contributed by atoms with Crippen LogP contribution >= 0.6 is 0 Å². The normalized spacial score (nSPS) is 15.4. The summed E-state index contributed by atoms with van der Waals surface area (Å²) in [5.41, 5.74) is 4.77. The van der Waals surface area contributed by atoms with Crippen LogP contribution in [0, 0.1) is 19.8 Å². The lowest BCUT2D eigenvalue weighted by Crippen LogP contribution is -2.29. The molecule has 0 unspecified atom stereocenters. The molecule has 3 aromatic rings. The summed E-state index contributed by atoms with van der Waals surface area (Å²) >= 11 is 0. The van der Waals surface area contributed by atoms with Crippen LogP contribution < -0.4 is 15.5 Å². The molecule has 3 aromatic carbocycles.